The monoisotopic (exact) mass is 499 g/mol. The van der Waals surface area contributed by atoms with E-state index in [1.165, 1.54) is 12.1 Å². The minimum atomic E-state index is -3.91. The van der Waals surface area contributed by atoms with E-state index >= 15 is 0 Å². The Morgan fingerprint density at radius 2 is 1.69 bits per heavy atom. The highest BCUT2D eigenvalue weighted by Crippen LogP contribution is 2.30. The number of benzene rings is 2. The minimum absolute atomic E-state index is 0.00356. The van der Waals surface area contributed by atoms with Gasteiger partial charge in [-0.3, -0.25) is 14.4 Å². The number of hydrogen-bond donors (Lipinski definition) is 1. The summed E-state index contributed by atoms with van der Waals surface area (Å²) < 4.78 is 26.3. The van der Waals surface area contributed by atoms with Crippen LogP contribution in [-0.2, 0) is 26.0 Å². The van der Waals surface area contributed by atoms with Gasteiger partial charge in [-0.05, 0) is 50.8 Å². The van der Waals surface area contributed by atoms with Gasteiger partial charge in [-0.2, -0.15) is 0 Å². The van der Waals surface area contributed by atoms with Gasteiger partial charge in [-0.15, -0.1) is 0 Å². The lowest BCUT2D eigenvalue weighted by Crippen LogP contribution is -2.50. The topological polar surface area (TPSA) is 104 Å². The summed E-state index contributed by atoms with van der Waals surface area (Å²) in [5.74, 6) is -1.06. The lowest BCUT2D eigenvalue weighted by molar-refractivity contribution is -0.140. The van der Waals surface area contributed by atoms with E-state index in [0.717, 1.165) is 16.3 Å². The van der Waals surface area contributed by atoms with E-state index in [9.17, 15) is 22.8 Å². The molecule has 1 heterocycles. The molecule has 0 aliphatic carbocycles. The Balaban J connectivity index is 1.66. The van der Waals surface area contributed by atoms with Crippen molar-refractivity contribution in [3.8, 4) is 0 Å². The molecule has 0 aromatic heterocycles. The van der Waals surface area contributed by atoms with Gasteiger partial charge in [0.05, 0.1) is 5.56 Å². The number of carbonyl (C=O) groups excluding carboxylic acids is 3. The van der Waals surface area contributed by atoms with Crippen molar-refractivity contribution in [1.82, 2.24) is 14.5 Å². The van der Waals surface area contributed by atoms with Crippen LogP contribution < -0.4 is 5.32 Å². The summed E-state index contributed by atoms with van der Waals surface area (Å²) in [5, 5.41) is 2.93. The lowest BCUT2D eigenvalue weighted by Gasteiger charge is -2.30. The molecular weight excluding hydrogens is 466 g/mol. The quantitative estimate of drug-likeness (QED) is 0.512. The number of fused-ring (bicyclic) bond motifs is 1. The first-order valence-corrected chi connectivity index (χ1v) is 13.4. The van der Waals surface area contributed by atoms with E-state index < -0.39 is 22.0 Å². The normalized spacial score (nSPS) is 15.9. The maximum atomic E-state index is 13.2. The second-order valence-electron chi connectivity index (χ2n) is 8.80. The number of sulfonamides is 1. The van der Waals surface area contributed by atoms with Crippen molar-refractivity contribution in [1.29, 1.82) is 0 Å². The highest BCUT2D eigenvalue weighted by atomic mass is 32.2. The molecule has 188 valence electrons. The number of rotatable bonds is 11. The molecule has 8 nitrogen and oxygen atoms in total. The lowest BCUT2D eigenvalue weighted by atomic mass is 10.1. The molecule has 0 saturated heterocycles. The fourth-order valence-corrected chi connectivity index (χ4v) is 5.61. The van der Waals surface area contributed by atoms with Crippen molar-refractivity contribution in [3.63, 3.8) is 0 Å². The zero-order valence-corrected chi connectivity index (χ0v) is 21.3. The fourth-order valence-electron chi connectivity index (χ4n) is 4.01. The van der Waals surface area contributed by atoms with E-state index in [0.29, 0.717) is 13.0 Å². The highest BCUT2D eigenvalue weighted by Gasteiger charge is 2.40. The van der Waals surface area contributed by atoms with E-state index in [1.54, 1.807) is 24.0 Å². The number of carbonyl (C=O) groups is 3. The molecule has 0 fully saturated rings. The van der Waals surface area contributed by atoms with Gasteiger partial charge in [0.15, 0.2) is 0 Å². The average Bonchev–Trinajstić information content (AvgIpc) is 3.05. The van der Waals surface area contributed by atoms with Crippen molar-refractivity contribution in [2.24, 2.45) is 0 Å². The van der Waals surface area contributed by atoms with Crippen molar-refractivity contribution in [2.75, 3.05) is 13.1 Å². The summed E-state index contributed by atoms with van der Waals surface area (Å²) in [6, 6.07) is 15.1. The Labute approximate surface area is 207 Å². The van der Waals surface area contributed by atoms with Gasteiger partial charge in [0.25, 0.3) is 15.9 Å². The molecule has 35 heavy (non-hydrogen) atoms. The Hall–Kier alpha value is -3.20. The van der Waals surface area contributed by atoms with Crippen LogP contribution in [0.4, 0.5) is 0 Å². The molecule has 1 N–H and O–H groups in total. The van der Waals surface area contributed by atoms with E-state index in [-0.39, 0.29) is 47.7 Å². The summed E-state index contributed by atoms with van der Waals surface area (Å²) >= 11 is 0. The van der Waals surface area contributed by atoms with Crippen LogP contribution in [0.15, 0.2) is 59.5 Å². The highest BCUT2D eigenvalue weighted by molar-refractivity contribution is 7.90. The van der Waals surface area contributed by atoms with Gasteiger partial charge in [-0.1, -0.05) is 49.4 Å². The molecule has 0 unspecified atom stereocenters. The summed E-state index contributed by atoms with van der Waals surface area (Å²) in [5.41, 5.74) is 1.20. The van der Waals surface area contributed by atoms with E-state index in [1.807, 2.05) is 44.2 Å². The van der Waals surface area contributed by atoms with E-state index in [4.69, 9.17) is 0 Å². The molecule has 2 atom stereocenters. The molecule has 9 heteroatoms. The summed E-state index contributed by atoms with van der Waals surface area (Å²) in [6.07, 6.45) is 1.55. The first-order chi connectivity index (χ1) is 16.7. The third-order valence-electron chi connectivity index (χ3n) is 6.32. The Bertz CT molecular complexity index is 1170. The molecule has 0 spiro atoms. The first kappa shape index (κ1) is 26.4. The number of hydrogen-bond acceptors (Lipinski definition) is 5. The van der Waals surface area contributed by atoms with Gasteiger partial charge in [-0.25, -0.2) is 12.7 Å². The minimum Gasteiger partial charge on any atom is -0.352 e. The van der Waals surface area contributed by atoms with Crippen molar-refractivity contribution in [2.45, 2.75) is 63.4 Å². The maximum Gasteiger partial charge on any atom is 0.269 e. The molecule has 2 aromatic carbocycles. The van der Waals surface area contributed by atoms with Crippen LogP contribution in [0, 0.1) is 0 Å². The van der Waals surface area contributed by atoms with Gasteiger partial charge >= 0.3 is 0 Å². The van der Waals surface area contributed by atoms with Crippen LogP contribution in [0.1, 0.15) is 56.0 Å². The second kappa shape index (κ2) is 11.5. The molecule has 2 aromatic rings. The maximum absolute atomic E-state index is 13.2. The molecule has 3 rings (SSSR count). The largest absolute Gasteiger partial charge is 0.352 e. The van der Waals surface area contributed by atoms with Crippen LogP contribution in [-0.4, -0.2) is 60.5 Å². The summed E-state index contributed by atoms with van der Waals surface area (Å²) in [7, 11) is -3.91. The van der Waals surface area contributed by atoms with E-state index in [2.05, 4.69) is 5.32 Å². The standard InChI is InChI=1S/C26H33N3O5S/c1-4-19(2)27-25(31)20(3)28(18-16-21-11-6-5-7-12-21)24(30)15-10-17-29-26(32)22-13-8-9-14-23(22)35(29,33)34/h5-9,11-14,19-20H,4,10,15-18H2,1-3H3,(H,27,31)/t19-,20+/m0/s1. The molecule has 0 radical (unpaired) electrons. The summed E-state index contributed by atoms with van der Waals surface area (Å²) in [4.78, 5) is 40.1. The Morgan fingerprint density at radius 1 is 1.03 bits per heavy atom. The third kappa shape index (κ3) is 6.08. The smallest absolute Gasteiger partial charge is 0.269 e. The third-order valence-corrected chi connectivity index (χ3v) is 8.16. The molecular formula is C26H33N3O5S. The summed E-state index contributed by atoms with van der Waals surface area (Å²) in [6.45, 7) is 5.84. The van der Waals surface area contributed by atoms with Crippen molar-refractivity contribution in [3.05, 3.63) is 65.7 Å². The van der Waals surface area contributed by atoms with Gasteiger partial charge in [0.2, 0.25) is 11.8 Å². The first-order valence-electron chi connectivity index (χ1n) is 12.0. The molecule has 1 aliphatic rings. The Kier molecular flexibility index (Phi) is 8.67. The molecule has 0 bridgehead atoms. The van der Waals surface area contributed by atoms with Gasteiger partial charge in [0, 0.05) is 25.6 Å². The predicted octanol–water partition coefficient (Wildman–Crippen LogP) is 2.99. The van der Waals surface area contributed by atoms with Crippen LogP contribution in [0.2, 0.25) is 0 Å². The van der Waals surface area contributed by atoms with Crippen LogP contribution in [0.3, 0.4) is 0 Å². The van der Waals surface area contributed by atoms with Crippen molar-refractivity contribution >= 4 is 27.7 Å². The fraction of sp³-hybridized carbons (Fsp3) is 0.423. The number of amides is 3. The zero-order valence-electron chi connectivity index (χ0n) is 20.4. The van der Waals surface area contributed by atoms with Gasteiger partial charge < -0.3 is 10.2 Å². The predicted molar refractivity (Wildman–Crippen MR) is 133 cm³/mol. The zero-order chi connectivity index (χ0) is 25.6. The van der Waals surface area contributed by atoms with Crippen LogP contribution >= 0.6 is 0 Å². The average molecular weight is 500 g/mol. The number of nitrogens with one attached hydrogen (secondary N) is 1. The SMILES string of the molecule is CC[C@H](C)NC(=O)[C@@H](C)N(CCc1ccccc1)C(=O)CCCN1C(=O)c2ccccc2S1(=O)=O. The molecule has 1 aliphatic heterocycles. The molecule has 0 saturated carbocycles. The second-order valence-corrected chi connectivity index (χ2v) is 10.6. The van der Waals surface area contributed by atoms with Crippen molar-refractivity contribution < 1.29 is 22.8 Å². The van der Waals surface area contributed by atoms with Crippen LogP contribution in [0.5, 0.6) is 0 Å². The van der Waals surface area contributed by atoms with Crippen LogP contribution in [0.25, 0.3) is 0 Å². The molecule has 3 amide bonds. The Morgan fingerprint density at radius 3 is 2.34 bits per heavy atom. The van der Waals surface area contributed by atoms with Gasteiger partial charge in [0.1, 0.15) is 10.9 Å². The number of nitrogens with zero attached hydrogens (tertiary/aromatic N) is 2.